The molecule has 0 aliphatic carbocycles. The minimum Gasteiger partial charge on any atom is -0.278 e. The maximum atomic E-state index is 12.8. The molecule has 0 aliphatic rings. The highest BCUT2D eigenvalue weighted by Gasteiger charge is 2.14. The first-order valence-electron chi connectivity index (χ1n) is 7.10. The fraction of sp³-hybridized carbons (Fsp3) is 0.125. The molecule has 0 radical (unpaired) electrons. The van der Waals surface area contributed by atoms with E-state index in [-0.39, 0.29) is 17.1 Å². The van der Waals surface area contributed by atoms with E-state index in [1.165, 1.54) is 48.2 Å². The van der Waals surface area contributed by atoms with Gasteiger partial charge >= 0.3 is 0 Å². The van der Waals surface area contributed by atoms with Crippen molar-refractivity contribution in [2.75, 3.05) is 5.75 Å². The van der Waals surface area contributed by atoms with Gasteiger partial charge in [0.1, 0.15) is 5.82 Å². The molecule has 0 bridgehead atoms. The number of halogens is 1. The second-order valence-corrected chi connectivity index (χ2v) is 7.69. The van der Waals surface area contributed by atoms with Crippen LogP contribution in [-0.4, -0.2) is 20.1 Å². The molecule has 2 aromatic rings. The number of benzene rings is 2. The maximum absolute atomic E-state index is 12.8. The molecule has 0 saturated carbocycles. The molecule has 2 N–H and O–H groups in total. The first-order valence-corrected chi connectivity index (χ1v) is 9.57. The molecule has 25 heavy (non-hydrogen) atoms. The number of rotatable bonds is 7. The minimum atomic E-state index is -3.90. The first-order chi connectivity index (χ1) is 11.9. The predicted octanol–water partition coefficient (Wildman–Crippen LogP) is 2.19. The van der Waals surface area contributed by atoms with Gasteiger partial charge in [-0.15, -0.1) is 16.6 Å². The zero-order valence-corrected chi connectivity index (χ0v) is 14.5. The molecule has 1 amide bonds. The number of nitrogens with one attached hydrogen (secondary N) is 2. The maximum Gasteiger partial charge on any atom is 0.257 e. The van der Waals surface area contributed by atoms with Crippen molar-refractivity contribution in [2.45, 2.75) is 16.2 Å². The summed E-state index contributed by atoms with van der Waals surface area (Å²) < 4.78 is 36.8. The molecule has 2 rings (SSSR count). The molecule has 9 heteroatoms. The van der Waals surface area contributed by atoms with Crippen molar-refractivity contribution in [3.05, 3.63) is 59.9 Å². The number of sulfonamides is 1. The van der Waals surface area contributed by atoms with Crippen LogP contribution in [0.15, 0.2) is 58.3 Å². The number of hydrogen-bond donors (Lipinski definition) is 2. The first kappa shape index (κ1) is 18.9. The summed E-state index contributed by atoms with van der Waals surface area (Å²) in [6.07, 6.45) is 0.0813. The fourth-order valence-electron chi connectivity index (χ4n) is 1.75. The predicted molar refractivity (Wildman–Crippen MR) is 91.4 cm³/mol. The second kappa shape index (κ2) is 8.62. The van der Waals surface area contributed by atoms with Crippen LogP contribution in [0.3, 0.4) is 0 Å². The van der Waals surface area contributed by atoms with Crippen LogP contribution in [0.1, 0.15) is 12.0 Å². The Balaban J connectivity index is 1.80. The van der Waals surface area contributed by atoms with Crippen molar-refractivity contribution in [1.82, 2.24) is 10.3 Å². The average Bonchev–Trinajstić information content (AvgIpc) is 2.62. The van der Waals surface area contributed by atoms with Crippen molar-refractivity contribution >= 4 is 27.7 Å². The third-order valence-electron chi connectivity index (χ3n) is 3.03. The van der Waals surface area contributed by atoms with Gasteiger partial charge in [0.15, 0.2) is 0 Å². The molecule has 0 aromatic heterocycles. The number of carbonyl (C=O) groups excluding carboxylic acids is 1. The van der Waals surface area contributed by atoms with Crippen LogP contribution >= 0.6 is 11.8 Å². The van der Waals surface area contributed by atoms with E-state index in [4.69, 9.17) is 5.26 Å². The zero-order chi connectivity index (χ0) is 18.3. The number of hydrogen-bond acceptors (Lipinski definition) is 5. The minimum absolute atomic E-state index is 0.0625. The van der Waals surface area contributed by atoms with Crippen LogP contribution in [0.5, 0.6) is 0 Å². The number of amides is 1. The van der Waals surface area contributed by atoms with Gasteiger partial charge in [-0.1, -0.05) is 0 Å². The lowest BCUT2D eigenvalue weighted by Crippen LogP contribution is -2.41. The third kappa shape index (κ3) is 5.86. The summed E-state index contributed by atoms with van der Waals surface area (Å²) in [5, 5.41) is 8.69. The number of nitrogens with zero attached hydrogens (tertiary/aromatic N) is 1. The van der Waals surface area contributed by atoms with Crippen LogP contribution < -0.4 is 10.3 Å². The van der Waals surface area contributed by atoms with Gasteiger partial charge in [0.25, 0.3) is 10.0 Å². The topological polar surface area (TPSA) is 99.1 Å². The Hall–Kier alpha value is -2.41. The van der Waals surface area contributed by atoms with Crippen LogP contribution in [0.2, 0.25) is 0 Å². The molecule has 6 nitrogen and oxygen atoms in total. The Labute approximate surface area is 149 Å². The quantitative estimate of drug-likeness (QED) is 0.567. The molecule has 0 atom stereocenters. The zero-order valence-electron chi connectivity index (χ0n) is 12.9. The summed E-state index contributed by atoms with van der Waals surface area (Å²) >= 11 is 1.36. The molecule has 0 aliphatic heterocycles. The summed E-state index contributed by atoms with van der Waals surface area (Å²) in [6.45, 7) is 0. The molecular weight excluding hydrogens is 365 g/mol. The smallest absolute Gasteiger partial charge is 0.257 e. The second-order valence-electron chi connectivity index (χ2n) is 4.84. The van der Waals surface area contributed by atoms with E-state index in [0.717, 1.165) is 4.90 Å². The highest BCUT2D eigenvalue weighted by Crippen LogP contribution is 2.18. The number of hydrazine groups is 1. The van der Waals surface area contributed by atoms with Crippen molar-refractivity contribution in [3.63, 3.8) is 0 Å². The normalized spacial score (nSPS) is 10.9. The molecule has 0 saturated heterocycles. The van der Waals surface area contributed by atoms with Gasteiger partial charge < -0.3 is 0 Å². The van der Waals surface area contributed by atoms with Crippen molar-refractivity contribution in [3.8, 4) is 6.07 Å². The van der Waals surface area contributed by atoms with Gasteiger partial charge in [-0.2, -0.15) is 5.26 Å². The van der Waals surface area contributed by atoms with Crippen LogP contribution in [0.4, 0.5) is 4.39 Å². The van der Waals surface area contributed by atoms with Crippen molar-refractivity contribution in [2.24, 2.45) is 0 Å². The Morgan fingerprint density at radius 1 is 1.12 bits per heavy atom. The summed E-state index contributed by atoms with van der Waals surface area (Å²) in [6, 6.07) is 13.0. The largest absolute Gasteiger partial charge is 0.278 e. The summed E-state index contributed by atoms with van der Waals surface area (Å²) in [4.78, 5) is 14.5. The van der Waals surface area contributed by atoms with Gasteiger partial charge in [0, 0.05) is 17.1 Å². The molecule has 0 spiro atoms. The summed E-state index contributed by atoms with van der Waals surface area (Å²) in [5.74, 6) is -0.415. The molecular formula is C16H14FN3O3S2. The molecule has 0 unspecified atom stereocenters. The van der Waals surface area contributed by atoms with E-state index in [1.807, 2.05) is 10.9 Å². The molecule has 130 valence electrons. The van der Waals surface area contributed by atoms with E-state index in [2.05, 4.69) is 5.43 Å². The Morgan fingerprint density at radius 2 is 1.76 bits per heavy atom. The van der Waals surface area contributed by atoms with Gasteiger partial charge in [-0.25, -0.2) is 12.8 Å². The molecule has 0 heterocycles. The van der Waals surface area contributed by atoms with Gasteiger partial charge in [-0.3, -0.25) is 10.2 Å². The fourth-order valence-corrected chi connectivity index (χ4v) is 3.46. The lowest BCUT2D eigenvalue weighted by molar-refractivity contribution is -0.121. The number of carbonyl (C=O) groups is 1. The number of thioether (sulfide) groups is 1. The van der Waals surface area contributed by atoms with Gasteiger partial charge in [0.05, 0.1) is 16.5 Å². The Bertz CT molecular complexity index is 876. The SMILES string of the molecule is N#Cc1ccc(S(=O)(=O)NNC(=O)CCSc2ccc(F)cc2)cc1. The highest BCUT2D eigenvalue weighted by atomic mass is 32.2. The lowest BCUT2D eigenvalue weighted by Gasteiger charge is -2.08. The standard InChI is InChI=1S/C16H14FN3O3S2/c17-13-3-5-14(6-4-13)24-10-9-16(21)19-20-25(22,23)15-7-1-12(11-18)2-8-15/h1-8,20H,9-10H2,(H,19,21). The van der Waals surface area contributed by atoms with Crippen LogP contribution in [0, 0.1) is 17.1 Å². The Morgan fingerprint density at radius 3 is 2.36 bits per heavy atom. The van der Waals surface area contributed by atoms with Crippen LogP contribution in [-0.2, 0) is 14.8 Å². The summed E-state index contributed by atoms with van der Waals surface area (Å²) in [7, 11) is -3.90. The summed E-state index contributed by atoms with van der Waals surface area (Å²) in [5.41, 5.74) is 2.46. The highest BCUT2D eigenvalue weighted by molar-refractivity contribution is 7.99. The van der Waals surface area contributed by atoms with E-state index in [0.29, 0.717) is 11.3 Å². The molecule has 0 fully saturated rings. The molecule has 2 aromatic carbocycles. The Kier molecular flexibility index (Phi) is 6.52. The monoisotopic (exact) mass is 379 g/mol. The number of nitriles is 1. The van der Waals surface area contributed by atoms with Crippen molar-refractivity contribution in [1.29, 1.82) is 5.26 Å². The van der Waals surface area contributed by atoms with Crippen molar-refractivity contribution < 1.29 is 17.6 Å². The third-order valence-corrected chi connectivity index (χ3v) is 5.31. The van der Waals surface area contributed by atoms with E-state index in [9.17, 15) is 17.6 Å². The van der Waals surface area contributed by atoms with E-state index >= 15 is 0 Å². The lowest BCUT2D eigenvalue weighted by atomic mass is 10.2. The van der Waals surface area contributed by atoms with Crippen LogP contribution in [0.25, 0.3) is 0 Å². The average molecular weight is 379 g/mol. The van der Waals surface area contributed by atoms with Gasteiger partial charge in [0.2, 0.25) is 5.91 Å². The van der Waals surface area contributed by atoms with E-state index in [1.54, 1.807) is 12.1 Å². The van der Waals surface area contributed by atoms with E-state index < -0.39 is 15.9 Å². The van der Waals surface area contributed by atoms with Gasteiger partial charge in [-0.05, 0) is 48.5 Å².